The number of benzene rings is 3. The molecule has 8 heteroatoms. The van der Waals surface area contributed by atoms with Gasteiger partial charge in [-0.15, -0.1) is 0 Å². The van der Waals surface area contributed by atoms with Crippen molar-refractivity contribution >= 4 is 23.4 Å². The monoisotopic (exact) mass is 631 g/mol. The van der Waals surface area contributed by atoms with Crippen LogP contribution in [0.3, 0.4) is 0 Å². The summed E-state index contributed by atoms with van der Waals surface area (Å²) < 4.78 is 7.18. The quantitative estimate of drug-likeness (QED) is 0.375. The maximum absolute atomic E-state index is 15.1. The van der Waals surface area contributed by atoms with Crippen molar-refractivity contribution in [2.45, 2.75) is 57.0 Å². The highest BCUT2D eigenvalue weighted by atomic mass is 16.5. The molecule has 4 aliphatic heterocycles. The van der Waals surface area contributed by atoms with E-state index in [1.165, 1.54) is 4.90 Å². The van der Waals surface area contributed by atoms with Gasteiger partial charge in [0.2, 0.25) is 11.8 Å². The first-order valence-electron chi connectivity index (χ1n) is 16.5. The average molecular weight is 632 g/mol. The molecule has 6 atom stereocenters. The number of aliphatic hydroxyl groups is 1. The van der Waals surface area contributed by atoms with E-state index in [1.807, 2.05) is 124 Å². The number of aryl methyl sites for hydroxylation is 2. The van der Waals surface area contributed by atoms with Crippen LogP contribution in [0.25, 0.3) is 0 Å². The number of ether oxygens (including phenoxy) is 1. The predicted octanol–water partition coefficient (Wildman–Crippen LogP) is 4.90. The van der Waals surface area contributed by atoms with Gasteiger partial charge in [-0.25, -0.2) is 0 Å². The maximum Gasteiger partial charge on any atom is 0.253 e. The van der Waals surface area contributed by atoms with Crippen LogP contribution in [0.5, 0.6) is 0 Å². The number of hydrogen-bond donors (Lipinski definition) is 1. The molecule has 7 rings (SSSR count). The molecule has 3 amide bonds. The molecule has 1 N–H and O–H groups in total. The number of rotatable bonds is 7. The van der Waals surface area contributed by atoms with Crippen LogP contribution in [0.1, 0.15) is 41.6 Å². The fourth-order valence-corrected chi connectivity index (χ4v) is 8.49. The third-order valence-electron chi connectivity index (χ3n) is 10.6. The Labute approximate surface area is 275 Å². The number of hydrogen-bond acceptors (Lipinski definition) is 5. The highest BCUT2D eigenvalue weighted by Crippen LogP contribution is 2.60. The summed E-state index contributed by atoms with van der Waals surface area (Å²) in [5, 5.41) is 10.9. The molecule has 2 saturated heterocycles. The molecule has 0 radical (unpaired) electrons. The van der Waals surface area contributed by atoms with E-state index in [-0.39, 0.29) is 24.3 Å². The molecular weight excluding hydrogens is 590 g/mol. The van der Waals surface area contributed by atoms with Gasteiger partial charge in [0.1, 0.15) is 11.6 Å². The zero-order chi connectivity index (χ0) is 32.9. The van der Waals surface area contributed by atoms with Gasteiger partial charge >= 0.3 is 0 Å². The minimum absolute atomic E-state index is 0.173. The number of nitrogens with zero attached hydrogens (tertiary/aromatic N) is 3. The van der Waals surface area contributed by atoms with Gasteiger partial charge in [-0.1, -0.05) is 110 Å². The highest BCUT2D eigenvalue weighted by molar-refractivity contribution is 6.06. The summed E-state index contributed by atoms with van der Waals surface area (Å²) >= 11 is 0. The Morgan fingerprint density at radius 2 is 1.47 bits per heavy atom. The fraction of sp³-hybridized carbons (Fsp3) is 0.359. The average Bonchev–Trinajstić information content (AvgIpc) is 3.38. The summed E-state index contributed by atoms with van der Waals surface area (Å²) in [6.45, 7) is 6.58. The number of anilines is 1. The number of likely N-dealkylation sites (tertiary alicyclic amines) is 1. The lowest BCUT2D eigenvalue weighted by molar-refractivity contribution is -0.153. The minimum Gasteiger partial charge on any atom is -0.394 e. The van der Waals surface area contributed by atoms with Gasteiger partial charge in [-0.05, 0) is 42.5 Å². The summed E-state index contributed by atoms with van der Waals surface area (Å²) in [6.07, 6.45) is 8.15. The number of carbonyl (C=O) groups is 3. The molecule has 47 heavy (non-hydrogen) atoms. The zero-order valence-electron chi connectivity index (χ0n) is 27.1. The first-order valence-corrected chi connectivity index (χ1v) is 16.5. The molecule has 0 bridgehead atoms. The summed E-state index contributed by atoms with van der Waals surface area (Å²) in [6, 6.07) is 23.1. The molecule has 0 aromatic heterocycles. The van der Waals surface area contributed by atoms with E-state index < -0.39 is 41.7 Å². The Hall–Kier alpha value is -4.53. The zero-order valence-corrected chi connectivity index (χ0v) is 27.1. The molecule has 3 aromatic carbocycles. The summed E-state index contributed by atoms with van der Waals surface area (Å²) in [7, 11) is 0. The Balaban J connectivity index is 1.40. The van der Waals surface area contributed by atoms with Crippen molar-refractivity contribution in [1.29, 1.82) is 0 Å². The summed E-state index contributed by atoms with van der Waals surface area (Å²) in [5.74, 6) is -2.67. The Morgan fingerprint density at radius 1 is 0.809 bits per heavy atom. The van der Waals surface area contributed by atoms with Crippen molar-refractivity contribution in [3.63, 3.8) is 0 Å². The largest absolute Gasteiger partial charge is 0.394 e. The van der Waals surface area contributed by atoms with Crippen LogP contribution in [0.15, 0.2) is 103 Å². The van der Waals surface area contributed by atoms with Crippen LogP contribution >= 0.6 is 0 Å². The summed E-state index contributed by atoms with van der Waals surface area (Å²) in [5.41, 5.74) is 1.84. The van der Waals surface area contributed by atoms with Crippen LogP contribution in [-0.4, -0.2) is 69.6 Å². The van der Waals surface area contributed by atoms with E-state index >= 15 is 9.59 Å². The standard InChI is InChI=1S/C39H41N3O5/c1-4-38-20-12-22-40(24-28-16-7-5-8-17-28)35(44)31(38)32-36(45)42(30(25-43)29-18-9-6-10-19-29)34-37(46)41(23-13-21-39(32,34)47-38)33-26(2)14-11-15-27(33)3/h5-21,30-32,34,43H,4,22-25H2,1-3H3/t30-,31+,32+,34?,38-,39+/m1/s1. The number of aliphatic hydroxyl groups excluding tert-OH is 1. The third-order valence-corrected chi connectivity index (χ3v) is 10.6. The van der Waals surface area contributed by atoms with Crippen LogP contribution < -0.4 is 4.90 Å². The highest BCUT2D eigenvalue weighted by Gasteiger charge is 2.76. The number of para-hydroxylation sites is 1. The molecule has 0 saturated carbocycles. The van der Waals surface area contributed by atoms with Gasteiger partial charge in [0, 0.05) is 25.3 Å². The summed E-state index contributed by atoms with van der Waals surface area (Å²) in [4.78, 5) is 50.1. The van der Waals surface area contributed by atoms with E-state index in [0.29, 0.717) is 25.1 Å². The van der Waals surface area contributed by atoms with E-state index in [0.717, 1.165) is 22.4 Å². The molecule has 3 aromatic rings. The fourth-order valence-electron chi connectivity index (χ4n) is 8.49. The molecular formula is C39H41N3O5. The van der Waals surface area contributed by atoms with Gasteiger partial charge in [0.25, 0.3) is 5.91 Å². The van der Waals surface area contributed by atoms with Crippen molar-refractivity contribution in [2.24, 2.45) is 11.8 Å². The number of carbonyl (C=O) groups excluding carboxylic acids is 3. The second kappa shape index (κ2) is 11.9. The molecule has 2 fully saturated rings. The SMILES string of the molecule is CC[C@@]12C=CCN(Cc3ccccc3)C(=O)[C@@H]1[C@H]1C(=O)N([C@H](CO)c3ccccc3)C3C(=O)N(c4c(C)cccc4C)CC=C[C@@]31O2. The Bertz CT molecular complexity index is 1740. The lowest BCUT2D eigenvalue weighted by atomic mass is 9.73. The second-order valence-corrected chi connectivity index (χ2v) is 13.2. The normalized spacial score (nSPS) is 29.0. The molecule has 8 nitrogen and oxygen atoms in total. The van der Waals surface area contributed by atoms with Gasteiger partial charge < -0.3 is 24.5 Å². The lowest BCUT2D eigenvalue weighted by Crippen LogP contribution is -2.57. The van der Waals surface area contributed by atoms with Crippen molar-refractivity contribution in [3.8, 4) is 0 Å². The molecule has 1 unspecified atom stereocenters. The van der Waals surface area contributed by atoms with Crippen LogP contribution in [0.2, 0.25) is 0 Å². The third kappa shape index (κ3) is 4.76. The lowest BCUT2D eigenvalue weighted by Gasteiger charge is -2.41. The molecule has 242 valence electrons. The van der Waals surface area contributed by atoms with E-state index in [9.17, 15) is 9.90 Å². The van der Waals surface area contributed by atoms with Crippen LogP contribution in [-0.2, 0) is 25.7 Å². The van der Waals surface area contributed by atoms with Crippen molar-refractivity contribution in [2.75, 3.05) is 24.6 Å². The van der Waals surface area contributed by atoms with Crippen LogP contribution in [0.4, 0.5) is 5.69 Å². The van der Waals surface area contributed by atoms with Gasteiger partial charge in [0.15, 0.2) is 0 Å². The Morgan fingerprint density at radius 3 is 2.13 bits per heavy atom. The van der Waals surface area contributed by atoms with Crippen molar-refractivity contribution < 1.29 is 24.2 Å². The van der Waals surface area contributed by atoms with Gasteiger partial charge in [0.05, 0.1) is 30.1 Å². The molecule has 0 aliphatic carbocycles. The van der Waals surface area contributed by atoms with E-state index in [1.54, 1.807) is 9.80 Å². The van der Waals surface area contributed by atoms with Gasteiger partial charge in [-0.3, -0.25) is 14.4 Å². The first-order chi connectivity index (χ1) is 22.8. The maximum atomic E-state index is 15.1. The number of amides is 3. The molecule has 1 spiro atoms. The minimum atomic E-state index is -1.43. The van der Waals surface area contributed by atoms with E-state index in [4.69, 9.17) is 4.74 Å². The number of fused-ring (bicyclic) bond motifs is 2. The predicted molar refractivity (Wildman–Crippen MR) is 179 cm³/mol. The smallest absolute Gasteiger partial charge is 0.253 e. The Kier molecular flexibility index (Phi) is 7.89. The molecule has 4 aliphatic rings. The first kappa shape index (κ1) is 31.1. The van der Waals surface area contributed by atoms with Crippen LogP contribution in [0, 0.1) is 25.7 Å². The van der Waals surface area contributed by atoms with E-state index in [2.05, 4.69) is 0 Å². The second-order valence-electron chi connectivity index (χ2n) is 13.2. The van der Waals surface area contributed by atoms with Crippen molar-refractivity contribution in [1.82, 2.24) is 9.80 Å². The molecule has 4 heterocycles. The van der Waals surface area contributed by atoms with Gasteiger partial charge in [-0.2, -0.15) is 0 Å². The topological polar surface area (TPSA) is 90.4 Å². The van der Waals surface area contributed by atoms with Crippen molar-refractivity contribution in [3.05, 3.63) is 125 Å².